The molecule has 1 atom stereocenters. The second kappa shape index (κ2) is 5.24. The van der Waals surface area contributed by atoms with Crippen molar-refractivity contribution in [3.8, 4) is 0 Å². The number of aromatic nitrogens is 3. The minimum atomic E-state index is 0.395. The molecule has 5 heteroatoms. The van der Waals surface area contributed by atoms with Crippen LogP contribution in [0.5, 0.6) is 0 Å². The summed E-state index contributed by atoms with van der Waals surface area (Å²) in [6, 6.07) is 11.0. The zero-order chi connectivity index (χ0) is 14.1. The van der Waals surface area contributed by atoms with Gasteiger partial charge in [0.05, 0.1) is 12.6 Å². The van der Waals surface area contributed by atoms with E-state index in [1.807, 2.05) is 47.4 Å². The van der Waals surface area contributed by atoms with Crippen LogP contribution in [0.3, 0.4) is 0 Å². The molecule has 3 heterocycles. The molecule has 1 aliphatic heterocycles. The second-order valence-electron chi connectivity index (χ2n) is 5.54. The highest BCUT2D eigenvalue weighted by Crippen LogP contribution is 2.28. The largest absolute Gasteiger partial charge is 0.423 e. The Labute approximate surface area is 123 Å². The average molecular weight is 282 g/mol. The Morgan fingerprint density at radius 3 is 3.00 bits per heavy atom. The number of piperidine rings is 1. The topological polar surface area (TPSA) is 47.1 Å². The first kappa shape index (κ1) is 12.4. The van der Waals surface area contributed by atoms with Crippen LogP contribution in [0, 0.1) is 0 Å². The zero-order valence-electron chi connectivity index (χ0n) is 11.9. The molecular formula is C16H18N4O. The number of fused-ring (bicyclic) bond motifs is 1. The number of benzene rings is 1. The van der Waals surface area contributed by atoms with Gasteiger partial charge in [-0.15, -0.1) is 0 Å². The molecule has 1 unspecified atom stereocenters. The highest BCUT2D eigenvalue weighted by molar-refractivity contribution is 5.74. The summed E-state index contributed by atoms with van der Waals surface area (Å²) in [4.78, 5) is 6.94. The van der Waals surface area contributed by atoms with Crippen LogP contribution in [0.1, 0.15) is 19.3 Å². The maximum absolute atomic E-state index is 5.94. The highest BCUT2D eigenvalue weighted by Gasteiger charge is 2.26. The Bertz CT molecular complexity index is 686. The van der Waals surface area contributed by atoms with E-state index in [1.165, 1.54) is 12.8 Å². The predicted octanol–water partition coefficient (Wildman–Crippen LogP) is 3.08. The van der Waals surface area contributed by atoms with E-state index in [1.54, 1.807) is 0 Å². The van der Waals surface area contributed by atoms with Crippen molar-refractivity contribution >= 4 is 17.1 Å². The minimum Gasteiger partial charge on any atom is -0.423 e. The lowest BCUT2D eigenvalue weighted by molar-refractivity contribution is 0.376. The Hall–Kier alpha value is -2.30. The van der Waals surface area contributed by atoms with Crippen LogP contribution in [0.2, 0.25) is 0 Å². The van der Waals surface area contributed by atoms with E-state index in [2.05, 4.69) is 15.0 Å². The first-order valence-electron chi connectivity index (χ1n) is 7.50. The molecule has 0 spiro atoms. The molecule has 108 valence electrons. The number of nitrogens with zero attached hydrogens (tertiary/aromatic N) is 4. The van der Waals surface area contributed by atoms with E-state index >= 15 is 0 Å². The average Bonchev–Trinajstić information content (AvgIpc) is 3.16. The first-order valence-corrected chi connectivity index (χ1v) is 7.50. The SMILES string of the molecule is c1ccc2oc(N3CCCCC3Cn3cccn3)nc2c1. The first-order chi connectivity index (χ1) is 10.4. The summed E-state index contributed by atoms with van der Waals surface area (Å²) in [7, 11) is 0. The summed E-state index contributed by atoms with van der Waals surface area (Å²) < 4.78 is 7.93. The van der Waals surface area contributed by atoms with Gasteiger partial charge in [0, 0.05) is 18.9 Å². The number of oxazole rings is 1. The van der Waals surface area contributed by atoms with Crippen LogP contribution < -0.4 is 4.90 Å². The van der Waals surface area contributed by atoms with Gasteiger partial charge in [-0.1, -0.05) is 12.1 Å². The molecule has 0 amide bonds. The molecule has 3 aromatic rings. The van der Waals surface area contributed by atoms with Gasteiger partial charge in [0.1, 0.15) is 5.52 Å². The van der Waals surface area contributed by atoms with E-state index in [9.17, 15) is 0 Å². The molecule has 1 saturated heterocycles. The van der Waals surface area contributed by atoms with Crippen LogP contribution in [-0.2, 0) is 6.54 Å². The third-order valence-corrected chi connectivity index (χ3v) is 4.11. The van der Waals surface area contributed by atoms with Gasteiger partial charge in [-0.05, 0) is 37.5 Å². The number of anilines is 1. The number of hydrogen-bond donors (Lipinski definition) is 0. The molecule has 0 radical (unpaired) electrons. The van der Waals surface area contributed by atoms with Crippen molar-refractivity contribution < 1.29 is 4.42 Å². The minimum absolute atomic E-state index is 0.395. The van der Waals surface area contributed by atoms with Gasteiger partial charge in [-0.2, -0.15) is 10.1 Å². The molecule has 1 aromatic carbocycles. The van der Waals surface area contributed by atoms with Crippen molar-refractivity contribution in [3.05, 3.63) is 42.7 Å². The maximum Gasteiger partial charge on any atom is 0.298 e. The number of hydrogen-bond acceptors (Lipinski definition) is 4. The summed E-state index contributed by atoms with van der Waals surface area (Å²) in [6.07, 6.45) is 7.43. The summed E-state index contributed by atoms with van der Waals surface area (Å²) in [5, 5.41) is 4.32. The third-order valence-electron chi connectivity index (χ3n) is 4.11. The van der Waals surface area contributed by atoms with E-state index in [0.717, 1.165) is 36.6 Å². The van der Waals surface area contributed by atoms with Crippen molar-refractivity contribution in [2.24, 2.45) is 0 Å². The van der Waals surface area contributed by atoms with Gasteiger partial charge >= 0.3 is 0 Å². The summed E-state index contributed by atoms with van der Waals surface area (Å²) in [6.45, 7) is 1.88. The monoisotopic (exact) mass is 282 g/mol. The molecule has 1 fully saturated rings. The molecule has 2 aromatic heterocycles. The lowest BCUT2D eigenvalue weighted by Gasteiger charge is -2.34. The second-order valence-corrected chi connectivity index (χ2v) is 5.54. The van der Waals surface area contributed by atoms with E-state index in [4.69, 9.17) is 4.42 Å². The van der Waals surface area contributed by atoms with E-state index in [-0.39, 0.29) is 0 Å². The molecule has 0 N–H and O–H groups in total. The van der Waals surface area contributed by atoms with Gasteiger partial charge in [0.2, 0.25) is 0 Å². The lowest BCUT2D eigenvalue weighted by atomic mass is 10.0. The van der Waals surface area contributed by atoms with Crippen molar-refractivity contribution in [1.82, 2.24) is 14.8 Å². The number of rotatable bonds is 3. The van der Waals surface area contributed by atoms with Crippen molar-refractivity contribution in [3.63, 3.8) is 0 Å². The summed E-state index contributed by atoms with van der Waals surface area (Å²) >= 11 is 0. The molecule has 0 saturated carbocycles. The number of para-hydroxylation sites is 2. The maximum atomic E-state index is 5.94. The normalized spacial score (nSPS) is 19.2. The Balaban J connectivity index is 1.63. The fourth-order valence-electron chi connectivity index (χ4n) is 3.05. The van der Waals surface area contributed by atoms with E-state index < -0.39 is 0 Å². The standard InChI is InChI=1S/C16H18N4O/c1-2-8-15-14(7-1)18-16(21-15)20-11-4-3-6-13(20)12-19-10-5-9-17-19/h1-2,5,7-10,13H,3-4,6,11-12H2. The van der Waals surface area contributed by atoms with E-state index in [0.29, 0.717) is 6.04 Å². The molecule has 0 aliphatic carbocycles. The molecule has 5 nitrogen and oxygen atoms in total. The lowest BCUT2D eigenvalue weighted by Crippen LogP contribution is -2.42. The zero-order valence-corrected chi connectivity index (χ0v) is 11.9. The highest BCUT2D eigenvalue weighted by atomic mass is 16.4. The van der Waals surface area contributed by atoms with Crippen molar-refractivity contribution in [2.75, 3.05) is 11.4 Å². The summed E-state index contributed by atoms with van der Waals surface area (Å²) in [5.41, 5.74) is 1.78. The predicted molar refractivity (Wildman–Crippen MR) is 81.2 cm³/mol. The van der Waals surface area contributed by atoms with Gasteiger partial charge in [-0.25, -0.2) is 0 Å². The van der Waals surface area contributed by atoms with Crippen molar-refractivity contribution in [2.45, 2.75) is 31.8 Å². The van der Waals surface area contributed by atoms with Crippen LogP contribution in [0.15, 0.2) is 47.1 Å². The molecule has 1 aliphatic rings. The molecule has 4 rings (SSSR count). The quantitative estimate of drug-likeness (QED) is 0.740. The fourth-order valence-corrected chi connectivity index (χ4v) is 3.05. The fraction of sp³-hybridized carbons (Fsp3) is 0.375. The van der Waals surface area contributed by atoms with Crippen molar-refractivity contribution in [1.29, 1.82) is 0 Å². The van der Waals surface area contributed by atoms with Crippen LogP contribution in [0.4, 0.5) is 6.01 Å². The Morgan fingerprint density at radius 2 is 2.14 bits per heavy atom. The van der Waals surface area contributed by atoms with Gasteiger partial charge < -0.3 is 9.32 Å². The van der Waals surface area contributed by atoms with Crippen LogP contribution in [-0.4, -0.2) is 27.4 Å². The molecule has 0 bridgehead atoms. The van der Waals surface area contributed by atoms with Gasteiger partial charge in [0.15, 0.2) is 5.58 Å². The smallest absolute Gasteiger partial charge is 0.298 e. The van der Waals surface area contributed by atoms with Crippen LogP contribution >= 0.6 is 0 Å². The van der Waals surface area contributed by atoms with Gasteiger partial charge in [0.25, 0.3) is 6.01 Å². The Kier molecular flexibility index (Phi) is 3.10. The Morgan fingerprint density at radius 1 is 1.19 bits per heavy atom. The van der Waals surface area contributed by atoms with Gasteiger partial charge in [-0.3, -0.25) is 4.68 Å². The molecule has 21 heavy (non-hydrogen) atoms. The summed E-state index contributed by atoms with van der Waals surface area (Å²) in [5.74, 6) is 0. The third kappa shape index (κ3) is 2.39. The van der Waals surface area contributed by atoms with Crippen LogP contribution in [0.25, 0.3) is 11.1 Å². The molecular weight excluding hydrogens is 264 g/mol.